The van der Waals surface area contributed by atoms with Gasteiger partial charge in [-0.1, -0.05) is 19.9 Å². The summed E-state index contributed by atoms with van der Waals surface area (Å²) < 4.78 is 10.4. The molecular weight excluding hydrogens is 230 g/mol. The predicted octanol–water partition coefficient (Wildman–Crippen LogP) is 1.91. The third-order valence-corrected chi connectivity index (χ3v) is 2.86. The van der Waals surface area contributed by atoms with Crippen LogP contribution in [0.3, 0.4) is 0 Å². The molecule has 0 aliphatic rings. The molecule has 102 valence electrons. The Balaban J connectivity index is 2.94. The lowest BCUT2D eigenvalue weighted by Gasteiger charge is -2.26. The van der Waals surface area contributed by atoms with Crippen molar-refractivity contribution >= 4 is 0 Å². The van der Waals surface area contributed by atoms with Gasteiger partial charge in [-0.05, 0) is 24.6 Å². The van der Waals surface area contributed by atoms with E-state index in [4.69, 9.17) is 9.47 Å². The summed E-state index contributed by atoms with van der Waals surface area (Å²) in [5.41, 5.74) is -0.141. The number of hydrogen-bond acceptors (Lipinski definition) is 4. The van der Waals surface area contributed by atoms with Gasteiger partial charge in [0.1, 0.15) is 0 Å². The Labute approximate surface area is 109 Å². The van der Waals surface area contributed by atoms with Gasteiger partial charge < -0.3 is 19.9 Å². The van der Waals surface area contributed by atoms with Crippen molar-refractivity contribution < 1.29 is 14.6 Å². The highest BCUT2D eigenvalue weighted by molar-refractivity contribution is 5.44. The quantitative estimate of drug-likeness (QED) is 0.813. The van der Waals surface area contributed by atoms with Crippen LogP contribution in [0.15, 0.2) is 18.2 Å². The van der Waals surface area contributed by atoms with Crippen LogP contribution in [0.1, 0.15) is 26.3 Å². The van der Waals surface area contributed by atoms with Gasteiger partial charge in [0.2, 0.25) is 0 Å². The first-order valence-corrected chi connectivity index (χ1v) is 6.09. The molecule has 0 radical (unpaired) electrons. The van der Waals surface area contributed by atoms with Crippen molar-refractivity contribution in [2.24, 2.45) is 0 Å². The Morgan fingerprint density at radius 1 is 1.22 bits per heavy atom. The van der Waals surface area contributed by atoms with Gasteiger partial charge in [0.05, 0.1) is 19.8 Å². The molecule has 4 heteroatoms. The van der Waals surface area contributed by atoms with Gasteiger partial charge in [0, 0.05) is 12.6 Å². The minimum absolute atomic E-state index is 0.330. The fourth-order valence-corrected chi connectivity index (χ4v) is 1.68. The third kappa shape index (κ3) is 3.62. The van der Waals surface area contributed by atoms with Crippen LogP contribution >= 0.6 is 0 Å². The van der Waals surface area contributed by atoms with E-state index in [9.17, 15) is 5.11 Å². The largest absolute Gasteiger partial charge is 0.493 e. The molecule has 2 N–H and O–H groups in total. The first kappa shape index (κ1) is 14.8. The van der Waals surface area contributed by atoms with E-state index in [0.717, 1.165) is 5.56 Å². The molecule has 0 spiro atoms. The molecule has 0 fully saturated rings. The number of benzene rings is 1. The molecule has 1 aromatic carbocycles. The Morgan fingerprint density at radius 3 is 2.33 bits per heavy atom. The molecule has 18 heavy (non-hydrogen) atoms. The Kier molecular flexibility index (Phi) is 4.99. The zero-order valence-electron chi connectivity index (χ0n) is 11.8. The zero-order chi connectivity index (χ0) is 13.8. The molecule has 0 amide bonds. The highest BCUT2D eigenvalue weighted by atomic mass is 16.5. The first-order valence-electron chi connectivity index (χ1n) is 6.09. The van der Waals surface area contributed by atoms with E-state index in [1.165, 1.54) is 0 Å². The first-order chi connectivity index (χ1) is 8.40. The second-order valence-electron chi connectivity index (χ2n) is 4.88. The predicted molar refractivity (Wildman–Crippen MR) is 72.3 cm³/mol. The molecule has 1 rings (SSSR count). The van der Waals surface area contributed by atoms with E-state index in [2.05, 4.69) is 5.32 Å². The molecular formula is C14H23NO3. The molecule has 0 saturated heterocycles. The topological polar surface area (TPSA) is 50.7 Å². The summed E-state index contributed by atoms with van der Waals surface area (Å²) in [4.78, 5) is 0. The third-order valence-electron chi connectivity index (χ3n) is 2.86. The Bertz CT molecular complexity index is 389. The molecule has 0 aliphatic carbocycles. The summed E-state index contributed by atoms with van der Waals surface area (Å²) in [5.74, 6) is 1.29. The van der Waals surface area contributed by atoms with Crippen LogP contribution in [0.4, 0.5) is 0 Å². The second kappa shape index (κ2) is 6.07. The lowest BCUT2D eigenvalue weighted by Crippen LogP contribution is -2.38. The standard InChI is InChI=1S/C14H23NO3/c1-10(2)15-9-14(3,16)11-6-7-12(17-4)13(8-11)18-5/h6-8,10,15-16H,9H2,1-5H3. The van der Waals surface area contributed by atoms with Crippen LogP contribution in [0.25, 0.3) is 0 Å². The smallest absolute Gasteiger partial charge is 0.161 e. The van der Waals surface area contributed by atoms with Crippen molar-refractivity contribution in [1.82, 2.24) is 5.32 Å². The van der Waals surface area contributed by atoms with Crippen LogP contribution in [-0.2, 0) is 5.60 Å². The lowest BCUT2D eigenvalue weighted by molar-refractivity contribution is 0.0546. The van der Waals surface area contributed by atoms with Crippen molar-refractivity contribution in [3.8, 4) is 11.5 Å². The monoisotopic (exact) mass is 253 g/mol. The van der Waals surface area contributed by atoms with Crippen molar-refractivity contribution in [3.63, 3.8) is 0 Å². The van der Waals surface area contributed by atoms with E-state index < -0.39 is 5.60 Å². The van der Waals surface area contributed by atoms with Gasteiger partial charge in [-0.3, -0.25) is 0 Å². The van der Waals surface area contributed by atoms with Crippen molar-refractivity contribution in [1.29, 1.82) is 0 Å². The van der Waals surface area contributed by atoms with Gasteiger partial charge in [-0.25, -0.2) is 0 Å². The maximum absolute atomic E-state index is 10.5. The van der Waals surface area contributed by atoms with Crippen LogP contribution < -0.4 is 14.8 Å². The van der Waals surface area contributed by atoms with Crippen molar-refractivity contribution in [2.75, 3.05) is 20.8 Å². The van der Waals surface area contributed by atoms with E-state index >= 15 is 0 Å². The van der Waals surface area contributed by atoms with Gasteiger partial charge in [0.15, 0.2) is 11.5 Å². The number of rotatable bonds is 6. The van der Waals surface area contributed by atoms with E-state index in [1.807, 2.05) is 19.9 Å². The van der Waals surface area contributed by atoms with Crippen molar-refractivity contribution in [2.45, 2.75) is 32.4 Å². The summed E-state index contributed by atoms with van der Waals surface area (Å²) in [6.45, 7) is 6.36. The van der Waals surface area contributed by atoms with E-state index in [-0.39, 0.29) is 0 Å². The number of hydrogen-bond donors (Lipinski definition) is 2. The average molecular weight is 253 g/mol. The fraction of sp³-hybridized carbons (Fsp3) is 0.571. The maximum atomic E-state index is 10.5. The number of nitrogens with one attached hydrogen (secondary N) is 1. The normalized spacial score (nSPS) is 14.4. The van der Waals surface area contributed by atoms with Crippen LogP contribution in [-0.4, -0.2) is 31.9 Å². The summed E-state index contributed by atoms with van der Waals surface area (Å²) in [7, 11) is 3.18. The summed E-state index contributed by atoms with van der Waals surface area (Å²) in [5, 5.41) is 13.7. The molecule has 0 heterocycles. The highest BCUT2D eigenvalue weighted by Crippen LogP contribution is 2.31. The molecule has 1 aromatic rings. The van der Waals surface area contributed by atoms with E-state index in [1.54, 1.807) is 33.3 Å². The molecule has 0 aliphatic heterocycles. The minimum Gasteiger partial charge on any atom is -0.493 e. The maximum Gasteiger partial charge on any atom is 0.161 e. The molecule has 0 aromatic heterocycles. The zero-order valence-corrected chi connectivity index (χ0v) is 11.8. The van der Waals surface area contributed by atoms with Crippen LogP contribution in [0.2, 0.25) is 0 Å². The highest BCUT2D eigenvalue weighted by Gasteiger charge is 2.24. The summed E-state index contributed by atoms with van der Waals surface area (Å²) in [6, 6.07) is 5.79. The van der Waals surface area contributed by atoms with Gasteiger partial charge in [0.25, 0.3) is 0 Å². The van der Waals surface area contributed by atoms with E-state index in [0.29, 0.717) is 24.1 Å². The minimum atomic E-state index is -0.941. The molecule has 1 atom stereocenters. The van der Waals surface area contributed by atoms with Crippen LogP contribution in [0.5, 0.6) is 11.5 Å². The Morgan fingerprint density at radius 2 is 1.83 bits per heavy atom. The lowest BCUT2D eigenvalue weighted by atomic mass is 9.95. The molecule has 0 saturated carbocycles. The summed E-state index contributed by atoms with van der Waals surface area (Å²) >= 11 is 0. The average Bonchev–Trinajstić information content (AvgIpc) is 2.35. The second-order valence-corrected chi connectivity index (χ2v) is 4.88. The fourth-order valence-electron chi connectivity index (χ4n) is 1.68. The van der Waals surface area contributed by atoms with Crippen molar-refractivity contribution in [3.05, 3.63) is 23.8 Å². The van der Waals surface area contributed by atoms with Gasteiger partial charge in [-0.2, -0.15) is 0 Å². The molecule has 0 bridgehead atoms. The Hall–Kier alpha value is -1.26. The molecule has 4 nitrogen and oxygen atoms in total. The van der Waals surface area contributed by atoms with Gasteiger partial charge in [-0.15, -0.1) is 0 Å². The number of methoxy groups -OCH3 is 2. The van der Waals surface area contributed by atoms with Crippen LogP contribution in [0, 0.1) is 0 Å². The number of aliphatic hydroxyl groups is 1. The van der Waals surface area contributed by atoms with Gasteiger partial charge >= 0.3 is 0 Å². The summed E-state index contributed by atoms with van der Waals surface area (Å²) in [6.07, 6.45) is 0. The SMILES string of the molecule is COc1ccc(C(C)(O)CNC(C)C)cc1OC. The molecule has 1 unspecified atom stereocenters. The number of ether oxygens (including phenoxy) is 2.